The molecular formula is C14H15N3O2S. The van der Waals surface area contributed by atoms with Crippen LogP contribution in [0.5, 0.6) is 0 Å². The number of hydrogen-bond donors (Lipinski definition) is 1. The van der Waals surface area contributed by atoms with Crippen molar-refractivity contribution in [2.24, 2.45) is 0 Å². The molecule has 0 aromatic carbocycles. The maximum atomic E-state index is 12.6. The number of amides is 2. The van der Waals surface area contributed by atoms with Crippen molar-refractivity contribution in [1.29, 1.82) is 0 Å². The Bertz CT molecular complexity index is 618. The lowest BCUT2D eigenvalue weighted by Gasteiger charge is -2.19. The SMILES string of the molecule is O=C1CCN(C(=O)c2sccc2-n2cccc2)CCN1. The molecule has 6 heteroatoms. The van der Waals surface area contributed by atoms with Crippen LogP contribution in [0.4, 0.5) is 0 Å². The molecule has 2 amide bonds. The molecular weight excluding hydrogens is 274 g/mol. The molecule has 0 saturated carbocycles. The summed E-state index contributed by atoms with van der Waals surface area (Å²) in [7, 11) is 0. The fraction of sp³-hybridized carbons (Fsp3) is 0.286. The Balaban J connectivity index is 1.84. The van der Waals surface area contributed by atoms with Gasteiger partial charge in [-0.3, -0.25) is 9.59 Å². The highest BCUT2D eigenvalue weighted by molar-refractivity contribution is 7.12. The van der Waals surface area contributed by atoms with Crippen LogP contribution in [-0.2, 0) is 4.79 Å². The molecule has 2 aromatic heterocycles. The van der Waals surface area contributed by atoms with Gasteiger partial charge in [0, 0.05) is 38.4 Å². The molecule has 20 heavy (non-hydrogen) atoms. The van der Waals surface area contributed by atoms with Crippen molar-refractivity contribution in [3.05, 3.63) is 40.8 Å². The number of aromatic nitrogens is 1. The Hall–Kier alpha value is -2.08. The maximum Gasteiger partial charge on any atom is 0.266 e. The normalized spacial score (nSPS) is 15.8. The Morgan fingerprint density at radius 2 is 2.05 bits per heavy atom. The molecule has 0 atom stereocenters. The van der Waals surface area contributed by atoms with E-state index in [-0.39, 0.29) is 11.8 Å². The van der Waals surface area contributed by atoms with Crippen LogP contribution in [0.1, 0.15) is 16.1 Å². The summed E-state index contributed by atoms with van der Waals surface area (Å²) < 4.78 is 1.94. The summed E-state index contributed by atoms with van der Waals surface area (Å²) in [6.07, 6.45) is 4.22. The first-order valence-electron chi connectivity index (χ1n) is 6.52. The first kappa shape index (κ1) is 12.9. The predicted octanol–water partition coefficient (Wildman–Crippen LogP) is 1.50. The van der Waals surface area contributed by atoms with Gasteiger partial charge in [-0.1, -0.05) is 0 Å². The number of thiophene rings is 1. The van der Waals surface area contributed by atoms with Crippen LogP contribution in [0.2, 0.25) is 0 Å². The van der Waals surface area contributed by atoms with Crippen LogP contribution in [0.3, 0.4) is 0 Å². The zero-order chi connectivity index (χ0) is 13.9. The number of nitrogens with zero attached hydrogens (tertiary/aromatic N) is 2. The summed E-state index contributed by atoms with van der Waals surface area (Å²) >= 11 is 1.44. The molecule has 0 radical (unpaired) electrons. The van der Waals surface area contributed by atoms with Crippen LogP contribution >= 0.6 is 11.3 Å². The summed E-state index contributed by atoms with van der Waals surface area (Å²) in [4.78, 5) is 26.4. The fourth-order valence-electron chi connectivity index (χ4n) is 2.27. The molecule has 104 valence electrons. The van der Waals surface area contributed by atoms with E-state index in [1.807, 2.05) is 40.5 Å². The van der Waals surface area contributed by atoms with E-state index in [0.29, 0.717) is 26.1 Å². The molecule has 0 spiro atoms. The Kier molecular flexibility index (Phi) is 3.56. The molecule has 0 aliphatic carbocycles. The van der Waals surface area contributed by atoms with Gasteiger partial charge >= 0.3 is 0 Å². The van der Waals surface area contributed by atoms with Gasteiger partial charge in [-0.05, 0) is 23.6 Å². The van der Waals surface area contributed by atoms with Gasteiger partial charge in [-0.2, -0.15) is 0 Å². The molecule has 5 nitrogen and oxygen atoms in total. The molecule has 1 aliphatic heterocycles. The molecule has 0 bridgehead atoms. The van der Waals surface area contributed by atoms with E-state index in [9.17, 15) is 9.59 Å². The highest BCUT2D eigenvalue weighted by Gasteiger charge is 2.23. The van der Waals surface area contributed by atoms with E-state index in [2.05, 4.69) is 5.32 Å². The molecule has 2 aromatic rings. The number of carbonyl (C=O) groups is 2. The predicted molar refractivity (Wildman–Crippen MR) is 77.2 cm³/mol. The molecule has 3 heterocycles. The van der Waals surface area contributed by atoms with Gasteiger partial charge < -0.3 is 14.8 Å². The van der Waals surface area contributed by atoms with E-state index in [1.165, 1.54) is 11.3 Å². The van der Waals surface area contributed by atoms with Crippen molar-refractivity contribution in [2.45, 2.75) is 6.42 Å². The van der Waals surface area contributed by atoms with Crippen molar-refractivity contribution in [2.75, 3.05) is 19.6 Å². The van der Waals surface area contributed by atoms with E-state index in [0.717, 1.165) is 10.6 Å². The number of rotatable bonds is 2. The van der Waals surface area contributed by atoms with Gasteiger partial charge in [0.1, 0.15) is 4.88 Å². The number of nitrogens with one attached hydrogen (secondary N) is 1. The quantitative estimate of drug-likeness (QED) is 0.911. The van der Waals surface area contributed by atoms with Crippen LogP contribution in [-0.4, -0.2) is 40.9 Å². The van der Waals surface area contributed by atoms with Crippen LogP contribution < -0.4 is 5.32 Å². The zero-order valence-corrected chi connectivity index (χ0v) is 11.7. The molecule has 1 aliphatic rings. The van der Waals surface area contributed by atoms with Crippen LogP contribution in [0.15, 0.2) is 36.0 Å². The minimum atomic E-state index is 0.000185. The van der Waals surface area contributed by atoms with Gasteiger partial charge in [-0.25, -0.2) is 0 Å². The third kappa shape index (κ3) is 2.46. The molecule has 1 N–H and O–H groups in total. The largest absolute Gasteiger partial charge is 0.354 e. The first-order chi connectivity index (χ1) is 9.75. The van der Waals surface area contributed by atoms with Crippen molar-refractivity contribution in [3.63, 3.8) is 0 Å². The zero-order valence-electron chi connectivity index (χ0n) is 10.9. The average Bonchev–Trinajstić information content (AvgIpc) is 3.07. The molecule has 1 fully saturated rings. The fourth-order valence-corrected chi connectivity index (χ4v) is 3.13. The van der Waals surface area contributed by atoms with Crippen molar-refractivity contribution in [1.82, 2.24) is 14.8 Å². The topological polar surface area (TPSA) is 54.3 Å². The third-order valence-electron chi connectivity index (χ3n) is 3.32. The molecule has 1 saturated heterocycles. The second kappa shape index (κ2) is 5.50. The summed E-state index contributed by atoms with van der Waals surface area (Å²) in [6, 6.07) is 5.81. The van der Waals surface area contributed by atoms with E-state index >= 15 is 0 Å². The van der Waals surface area contributed by atoms with Crippen LogP contribution in [0, 0.1) is 0 Å². The second-order valence-corrected chi connectivity index (χ2v) is 5.53. The van der Waals surface area contributed by atoms with Crippen molar-refractivity contribution in [3.8, 4) is 5.69 Å². The lowest BCUT2D eigenvalue weighted by molar-refractivity contribution is -0.120. The minimum Gasteiger partial charge on any atom is -0.354 e. The van der Waals surface area contributed by atoms with Crippen molar-refractivity contribution >= 4 is 23.2 Å². The van der Waals surface area contributed by atoms with E-state index in [1.54, 1.807) is 4.90 Å². The number of hydrogen-bond acceptors (Lipinski definition) is 3. The molecule has 0 unspecified atom stereocenters. The van der Waals surface area contributed by atoms with Gasteiger partial charge in [0.05, 0.1) is 5.69 Å². The van der Waals surface area contributed by atoms with Gasteiger partial charge in [-0.15, -0.1) is 11.3 Å². The first-order valence-corrected chi connectivity index (χ1v) is 7.40. The number of carbonyl (C=O) groups excluding carboxylic acids is 2. The summed E-state index contributed by atoms with van der Waals surface area (Å²) in [6.45, 7) is 1.57. The van der Waals surface area contributed by atoms with Gasteiger partial charge in [0.2, 0.25) is 5.91 Å². The maximum absolute atomic E-state index is 12.6. The Morgan fingerprint density at radius 1 is 1.25 bits per heavy atom. The minimum absolute atomic E-state index is 0.000185. The summed E-state index contributed by atoms with van der Waals surface area (Å²) in [5.74, 6) is 0.0114. The average molecular weight is 289 g/mol. The second-order valence-electron chi connectivity index (χ2n) is 4.62. The highest BCUT2D eigenvalue weighted by atomic mass is 32.1. The van der Waals surface area contributed by atoms with E-state index < -0.39 is 0 Å². The summed E-state index contributed by atoms with van der Waals surface area (Å²) in [5.41, 5.74) is 0.897. The highest BCUT2D eigenvalue weighted by Crippen LogP contribution is 2.23. The Labute approximate surface area is 120 Å². The van der Waals surface area contributed by atoms with Crippen LogP contribution in [0.25, 0.3) is 5.69 Å². The lowest BCUT2D eigenvalue weighted by Crippen LogP contribution is -2.34. The monoisotopic (exact) mass is 289 g/mol. The van der Waals surface area contributed by atoms with Gasteiger partial charge in [0.15, 0.2) is 0 Å². The third-order valence-corrected chi connectivity index (χ3v) is 4.21. The standard InChI is InChI=1S/C14H15N3O2S/c18-12-3-8-17(9-5-15-12)14(19)13-11(4-10-20-13)16-6-1-2-7-16/h1-2,4,6-7,10H,3,5,8-9H2,(H,15,18). The smallest absolute Gasteiger partial charge is 0.266 e. The van der Waals surface area contributed by atoms with Crippen molar-refractivity contribution < 1.29 is 9.59 Å². The molecule has 3 rings (SSSR count). The Morgan fingerprint density at radius 3 is 2.85 bits per heavy atom. The lowest BCUT2D eigenvalue weighted by atomic mass is 10.3. The summed E-state index contributed by atoms with van der Waals surface area (Å²) in [5, 5.41) is 4.70. The van der Waals surface area contributed by atoms with Gasteiger partial charge in [0.25, 0.3) is 5.91 Å². The van der Waals surface area contributed by atoms with E-state index in [4.69, 9.17) is 0 Å².